The van der Waals surface area contributed by atoms with Gasteiger partial charge < -0.3 is 15.7 Å². The van der Waals surface area contributed by atoms with E-state index in [0.717, 1.165) is 18.4 Å². The number of benzene rings is 1. The van der Waals surface area contributed by atoms with Gasteiger partial charge in [0.25, 0.3) is 0 Å². The summed E-state index contributed by atoms with van der Waals surface area (Å²) in [5.74, 6) is -1.03. The first-order valence-corrected chi connectivity index (χ1v) is 6.88. The van der Waals surface area contributed by atoms with Gasteiger partial charge in [-0.2, -0.15) is 0 Å². The second-order valence-corrected chi connectivity index (χ2v) is 5.36. The molecule has 2 unspecified atom stereocenters. The van der Waals surface area contributed by atoms with E-state index in [1.165, 1.54) is 0 Å². The van der Waals surface area contributed by atoms with Crippen LogP contribution in [-0.2, 0) is 9.59 Å². The number of hydrogen-bond acceptors (Lipinski definition) is 3. The van der Waals surface area contributed by atoms with E-state index in [0.29, 0.717) is 18.7 Å². The smallest absolute Gasteiger partial charge is 0.313 e. The van der Waals surface area contributed by atoms with Crippen LogP contribution in [0.1, 0.15) is 24.8 Å². The molecule has 0 heterocycles. The fourth-order valence-corrected chi connectivity index (χ4v) is 2.38. The molecule has 5 heteroatoms. The van der Waals surface area contributed by atoms with Crippen molar-refractivity contribution in [3.05, 3.63) is 29.8 Å². The Morgan fingerprint density at radius 1 is 1.20 bits per heavy atom. The minimum Gasteiger partial charge on any atom is -0.393 e. The molecule has 2 rings (SSSR count). The molecule has 0 aromatic heterocycles. The van der Waals surface area contributed by atoms with Crippen LogP contribution >= 0.6 is 0 Å². The lowest BCUT2D eigenvalue weighted by molar-refractivity contribution is -0.136. The Bertz CT molecular complexity index is 484. The molecule has 1 aromatic carbocycles. The summed E-state index contributed by atoms with van der Waals surface area (Å²) in [7, 11) is 0. The van der Waals surface area contributed by atoms with Gasteiger partial charge >= 0.3 is 11.8 Å². The van der Waals surface area contributed by atoms with Gasteiger partial charge in [-0.05, 0) is 44.2 Å². The van der Waals surface area contributed by atoms with Crippen molar-refractivity contribution >= 4 is 17.5 Å². The quantitative estimate of drug-likeness (QED) is 0.726. The molecule has 2 amide bonds. The third-order valence-corrected chi connectivity index (χ3v) is 3.58. The molecule has 20 heavy (non-hydrogen) atoms. The van der Waals surface area contributed by atoms with E-state index in [-0.39, 0.29) is 12.0 Å². The Labute approximate surface area is 118 Å². The number of hydrogen-bond donors (Lipinski definition) is 3. The fraction of sp³-hybridized carbons (Fsp3) is 0.467. The third kappa shape index (κ3) is 4.06. The van der Waals surface area contributed by atoms with Crippen LogP contribution in [-0.4, -0.2) is 29.6 Å². The number of aryl methyl sites for hydroxylation is 1. The van der Waals surface area contributed by atoms with Crippen LogP contribution in [0.15, 0.2) is 24.3 Å². The average Bonchev–Trinajstić information content (AvgIpc) is 2.84. The molecule has 2 atom stereocenters. The summed E-state index contributed by atoms with van der Waals surface area (Å²) in [6.45, 7) is 2.39. The summed E-state index contributed by atoms with van der Waals surface area (Å²) in [6.07, 6.45) is 2.09. The van der Waals surface area contributed by atoms with Crippen molar-refractivity contribution < 1.29 is 14.7 Å². The molecular weight excluding hydrogens is 256 g/mol. The topological polar surface area (TPSA) is 78.4 Å². The largest absolute Gasteiger partial charge is 0.393 e. The van der Waals surface area contributed by atoms with Crippen molar-refractivity contribution in [3.8, 4) is 0 Å². The zero-order chi connectivity index (χ0) is 14.5. The lowest BCUT2D eigenvalue weighted by Gasteiger charge is -2.11. The maximum atomic E-state index is 11.7. The summed E-state index contributed by atoms with van der Waals surface area (Å²) in [5, 5.41) is 14.6. The molecule has 1 fully saturated rings. The van der Waals surface area contributed by atoms with E-state index in [1.807, 2.05) is 19.1 Å². The number of aliphatic hydroxyl groups excluding tert-OH is 1. The Balaban J connectivity index is 1.77. The summed E-state index contributed by atoms with van der Waals surface area (Å²) in [5.41, 5.74) is 1.69. The van der Waals surface area contributed by atoms with Gasteiger partial charge in [0.05, 0.1) is 6.10 Å². The predicted molar refractivity (Wildman–Crippen MR) is 76.2 cm³/mol. The summed E-state index contributed by atoms with van der Waals surface area (Å²) in [6, 6.07) is 7.25. The first-order valence-electron chi connectivity index (χ1n) is 6.88. The van der Waals surface area contributed by atoms with E-state index in [1.54, 1.807) is 12.1 Å². The highest BCUT2D eigenvalue weighted by atomic mass is 16.3. The second-order valence-electron chi connectivity index (χ2n) is 5.36. The molecule has 0 spiro atoms. The Morgan fingerprint density at radius 2 is 1.90 bits per heavy atom. The minimum atomic E-state index is -0.660. The van der Waals surface area contributed by atoms with Crippen molar-refractivity contribution in [2.45, 2.75) is 32.3 Å². The Hall–Kier alpha value is -1.88. The van der Waals surface area contributed by atoms with Crippen LogP contribution in [0.25, 0.3) is 0 Å². The number of carbonyl (C=O) groups is 2. The number of amides is 2. The molecule has 5 nitrogen and oxygen atoms in total. The van der Waals surface area contributed by atoms with Crippen LogP contribution in [0.5, 0.6) is 0 Å². The molecule has 1 aliphatic rings. The SMILES string of the molecule is Cc1ccc(NC(=O)C(=O)NCC2CCC(O)C2)cc1. The molecule has 1 aromatic rings. The molecule has 3 N–H and O–H groups in total. The fourth-order valence-electron chi connectivity index (χ4n) is 2.38. The lowest BCUT2D eigenvalue weighted by atomic mass is 10.1. The van der Waals surface area contributed by atoms with Gasteiger partial charge in [-0.15, -0.1) is 0 Å². The second kappa shape index (κ2) is 6.52. The van der Waals surface area contributed by atoms with Gasteiger partial charge in [0.1, 0.15) is 0 Å². The Morgan fingerprint density at radius 3 is 2.50 bits per heavy atom. The van der Waals surface area contributed by atoms with Crippen LogP contribution in [0.2, 0.25) is 0 Å². The predicted octanol–water partition coefficient (Wildman–Crippen LogP) is 1.21. The zero-order valence-corrected chi connectivity index (χ0v) is 11.6. The minimum absolute atomic E-state index is 0.265. The van der Waals surface area contributed by atoms with Crippen molar-refractivity contribution in [1.29, 1.82) is 0 Å². The van der Waals surface area contributed by atoms with Gasteiger partial charge in [-0.3, -0.25) is 9.59 Å². The first-order chi connectivity index (χ1) is 9.54. The van der Waals surface area contributed by atoms with Crippen molar-refractivity contribution in [3.63, 3.8) is 0 Å². The van der Waals surface area contributed by atoms with Crippen LogP contribution in [0.4, 0.5) is 5.69 Å². The molecule has 0 radical (unpaired) electrons. The lowest BCUT2D eigenvalue weighted by Crippen LogP contribution is -2.37. The number of aliphatic hydroxyl groups is 1. The highest BCUT2D eigenvalue weighted by Crippen LogP contribution is 2.24. The average molecular weight is 276 g/mol. The summed E-state index contributed by atoms with van der Waals surface area (Å²) in [4.78, 5) is 23.4. The number of nitrogens with one attached hydrogen (secondary N) is 2. The van der Waals surface area contributed by atoms with E-state index < -0.39 is 11.8 Å². The molecule has 1 saturated carbocycles. The van der Waals surface area contributed by atoms with Crippen LogP contribution in [0.3, 0.4) is 0 Å². The summed E-state index contributed by atoms with van der Waals surface area (Å²) < 4.78 is 0. The van der Waals surface area contributed by atoms with Gasteiger partial charge in [0, 0.05) is 12.2 Å². The van der Waals surface area contributed by atoms with Crippen molar-refractivity contribution in [2.75, 3.05) is 11.9 Å². The van der Waals surface area contributed by atoms with E-state index in [4.69, 9.17) is 0 Å². The van der Waals surface area contributed by atoms with Crippen molar-refractivity contribution in [1.82, 2.24) is 5.32 Å². The maximum Gasteiger partial charge on any atom is 0.313 e. The molecule has 0 bridgehead atoms. The van der Waals surface area contributed by atoms with Crippen LogP contribution in [0, 0.1) is 12.8 Å². The van der Waals surface area contributed by atoms with E-state index in [9.17, 15) is 14.7 Å². The molecular formula is C15H20N2O3. The Kier molecular flexibility index (Phi) is 4.74. The highest BCUT2D eigenvalue weighted by molar-refractivity contribution is 6.39. The first kappa shape index (κ1) is 14.5. The molecule has 0 saturated heterocycles. The zero-order valence-electron chi connectivity index (χ0n) is 11.6. The maximum absolute atomic E-state index is 11.7. The third-order valence-electron chi connectivity index (χ3n) is 3.58. The highest BCUT2D eigenvalue weighted by Gasteiger charge is 2.24. The van der Waals surface area contributed by atoms with E-state index >= 15 is 0 Å². The number of rotatable bonds is 3. The van der Waals surface area contributed by atoms with Gasteiger partial charge in [0.2, 0.25) is 0 Å². The van der Waals surface area contributed by atoms with Gasteiger partial charge in [-0.1, -0.05) is 17.7 Å². The standard InChI is InChI=1S/C15H20N2O3/c1-10-2-5-12(6-3-10)17-15(20)14(19)16-9-11-4-7-13(18)8-11/h2-3,5-6,11,13,18H,4,7-9H2,1H3,(H,16,19)(H,17,20). The molecule has 108 valence electrons. The van der Waals surface area contributed by atoms with Crippen LogP contribution < -0.4 is 10.6 Å². The van der Waals surface area contributed by atoms with Gasteiger partial charge in [0.15, 0.2) is 0 Å². The summed E-state index contributed by atoms with van der Waals surface area (Å²) >= 11 is 0. The van der Waals surface area contributed by atoms with Crippen molar-refractivity contribution in [2.24, 2.45) is 5.92 Å². The molecule has 0 aliphatic heterocycles. The molecule has 1 aliphatic carbocycles. The number of anilines is 1. The number of carbonyl (C=O) groups excluding carboxylic acids is 2. The normalized spacial score (nSPS) is 21.5. The monoisotopic (exact) mass is 276 g/mol. The van der Waals surface area contributed by atoms with E-state index in [2.05, 4.69) is 10.6 Å². The van der Waals surface area contributed by atoms with Gasteiger partial charge in [-0.25, -0.2) is 0 Å².